The summed E-state index contributed by atoms with van der Waals surface area (Å²) in [5.41, 5.74) is 5.30. The van der Waals surface area contributed by atoms with Crippen molar-refractivity contribution in [3.63, 3.8) is 0 Å². The zero-order valence-electron chi connectivity index (χ0n) is 7.73. The Hall–Kier alpha value is -0.610. The molecule has 72 valence electrons. The molecule has 0 heterocycles. The fourth-order valence-corrected chi connectivity index (χ4v) is 0.840. The van der Waals surface area contributed by atoms with Gasteiger partial charge in [0.25, 0.3) is 0 Å². The average molecular weight is 173 g/mol. The van der Waals surface area contributed by atoms with Crippen molar-refractivity contribution in [3.8, 4) is 0 Å². The third-order valence-corrected chi connectivity index (χ3v) is 1.46. The predicted octanol–water partition coefficient (Wildman–Crippen LogP) is -0.549. The average Bonchev–Trinajstić information content (AvgIpc) is 2.05. The lowest BCUT2D eigenvalue weighted by Gasteiger charge is -2.03. The minimum Gasteiger partial charge on any atom is -0.356 e. The van der Waals surface area contributed by atoms with Crippen LogP contribution in [0, 0.1) is 0 Å². The van der Waals surface area contributed by atoms with Crippen molar-refractivity contribution in [2.24, 2.45) is 5.73 Å². The summed E-state index contributed by atoms with van der Waals surface area (Å²) in [7, 11) is 0. The van der Waals surface area contributed by atoms with Gasteiger partial charge in [0.15, 0.2) is 0 Å². The largest absolute Gasteiger partial charge is 0.356 e. The van der Waals surface area contributed by atoms with Crippen molar-refractivity contribution < 1.29 is 4.79 Å². The van der Waals surface area contributed by atoms with E-state index in [4.69, 9.17) is 5.73 Å². The fourth-order valence-electron chi connectivity index (χ4n) is 0.840. The lowest BCUT2D eigenvalue weighted by atomic mass is 10.3. The van der Waals surface area contributed by atoms with Gasteiger partial charge in [-0.2, -0.15) is 0 Å². The monoisotopic (exact) mass is 173 g/mol. The number of rotatable bonds is 7. The number of hydrogen-bond acceptors (Lipinski definition) is 3. The first kappa shape index (κ1) is 11.4. The van der Waals surface area contributed by atoms with E-state index in [0.29, 0.717) is 19.5 Å². The molecule has 0 aromatic carbocycles. The third-order valence-electron chi connectivity index (χ3n) is 1.46. The Morgan fingerprint density at radius 3 is 2.75 bits per heavy atom. The van der Waals surface area contributed by atoms with Crippen LogP contribution in [-0.2, 0) is 4.79 Å². The molecule has 0 aliphatic heterocycles. The second-order valence-electron chi connectivity index (χ2n) is 2.60. The highest BCUT2D eigenvalue weighted by atomic mass is 16.1. The maximum Gasteiger partial charge on any atom is 0.221 e. The van der Waals surface area contributed by atoms with Gasteiger partial charge < -0.3 is 16.4 Å². The summed E-state index contributed by atoms with van der Waals surface area (Å²) < 4.78 is 0. The summed E-state index contributed by atoms with van der Waals surface area (Å²) in [6.07, 6.45) is 1.52. The van der Waals surface area contributed by atoms with E-state index in [1.807, 2.05) is 6.92 Å². The van der Waals surface area contributed by atoms with E-state index < -0.39 is 0 Å². The second kappa shape index (κ2) is 8.49. The topological polar surface area (TPSA) is 67.2 Å². The van der Waals surface area contributed by atoms with E-state index in [1.165, 1.54) is 0 Å². The van der Waals surface area contributed by atoms with E-state index in [9.17, 15) is 4.79 Å². The van der Waals surface area contributed by atoms with E-state index in [0.717, 1.165) is 19.5 Å². The van der Waals surface area contributed by atoms with Crippen molar-refractivity contribution in [2.75, 3.05) is 26.2 Å². The fraction of sp³-hybridized carbons (Fsp3) is 0.875. The Balaban J connectivity index is 3.03. The van der Waals surface area contributed by atoms with Gasteiger partial charge in [-0.15, -0.1) is 0 Å². The summed E-state index contributed by atoms with van der Waals surface area (Å²) in [4.78, 5) is 10.9. The van der Waals surface area contributed by atoms with Crippen LogP contribution in [0.15, 0.2) is 0 Å². The molecular formula is C8H19N3O. The molecule has 0 aliphatic carbocycles. The van der Waals surface area contributed by atoms with Gasteiger partial charge in [0, 0.05) is 19.5 Å². The molecule has 4 heteroatoms. The molecule has 12 heavy (non-hydrogen) atoms. The highest BCUT2D eigenvalue weighted by Crippen LogP contribution is 1.77. The van der Waals surface area contributed by atoms with Gasteiger partial charge in [-0.25, -0.2) is 0 Å². The first-order chi connectivity index (χ1) is 5.81. The first-order valence-corrected chi connectivity index (χ1v) is 4.48. The summed E-state index contributed by atoms with van der Waals surface area (Å²) in [6, 6.07) is 0. The highest BCUT2D eigenvalue weighted by Gasteiger charge is 1.96. The Bertz CT molecular complexity index is 117. The molecular weight excluding hydrogens is 154 g/mol. The van der Waals surface area contributed by atoms with Crippen molar-refractivity contribution in [1.82, 2.24) is 10.6 Å². The number of carbonyl (C=O) groups is 1. The number of nitrogens with one attached hydrogen (secondary N) is 2. The molecule has 0 aromatic heterocycles. The maximum atomic E-state index is 10.9. The number of nitrogens with two attached hydrogens (primary N) is 1. The molecule has 0 aromatic rings. The molecule has 0 saturated heterocycles. The van der Waals surface area contributed by atoms with Gasteiger partial charge in [-0.05, 0) is 26.4 Å². The number of hydrogen-bond donors (Lipinski definition) is 3. The van der Waals surface area contributed by atoms with E-state index in [-0.39, 0.29) is 5.91 Å². The molecule has 0 fully saturated rings. The molecule has 0 bridgehead atoms. The Kier molecular flexibility index (Phi) is 8.05. The van der Waals surface area contributed by atoms with Crippen molar-refractivity contribution in [3.05, 3.63) is 0 Å². The van der Waals surface area contributed by atoms with Crippen LogP contribution in [0.4, 0.5) is 0 Å². The van der Waals surface area contributed by atoms with Crippen LogP contribution < -0.4 is 16.4 Å². The molecule has 0 atom stereocenters. The number of amides is 1. The summed E-state index contributed by atoms with van der Waals surface area (Å²) >= 11 is 0. The van der Waals surface area contributed by atoms with Crippen molar-refractivity contribution >= 4 is 5.91 Å². The van der Waals surface area contributed by atoms with Crippen LogP contribution in [-0.4, -0.2) is 32.1 Å². The zero-order valence-corrected chi connectivity index (χ0v) is 7.73. The van der Waals surface area contributed by atoms with Crippen molar-refractivity contribution in [2.45, 2.75) is 19.8 Å². The predicted molar refractivity (Wildman–Crippen MR) is 49.8 cm³/mol. The quantitative estimate of drug-likeness (QED) is 0.453. The summed E-state index contributed by atoms with van der Waals surface area (Å²) in [5.74, 6) is 0.109. The van der Waals surface area contributed by atoms with Crippen LogP contribution in [0.25, 0.3) is 0 Å². The molecule has 0 unspecified atom stereocenters. The molecule has 0 rings (SSSR count). The number of carbonyl (C=O) groups excluding carboxylic acids is 1. The maximum absolute atomic E-state index is 10.9. The molecule has 1 amide bonds. The third kappa shape index (κ3) is 7.50. The van der Waals surface area contributed by atoms with Crippen LogP contribution in [0.3, 0.4) is 0 Å². The summed E-state index contributed by atoms with van der Waals surface area (Å²) in [5, 5.41) is 5.87. The van der Waals surface area contributed by atoms with Gasteiger partial charge in [-0.3, -0.25) is 4.79 Å². The Morgan fingerprint density at radius 1 is 1.42 bits per heavy atom. The van der Waals surface area contributed by atoms with Crippen LogP contribution >= 0.6 is 0 Å². The van der Waals surface area contributed by atoms with Gasteiger partial charge in [0.1, 0.15) is 0 Å². The molecule has 0 radical (unpaired) electrons. The Labute approximate surface area is 73.9 Å². The second-order valence-corrected chi connectivity index (χ2v) is 2.60. The van der Waals surface area contributed by atoms with Crippen LogP contribution in [0.2, 0.25) is 0 Å². The first-order valence-electron chi connectivity index (χ1n) is 4.48. The van der Waals surface area contributed by atoms with E-state index >= 15 is 0 Å². The van der Waals surface area contributed by atoms with Crippen LogP contribution in [0.1, 0.15) is 19.8 Å². The molecule has 0 aliphatic rings. The molecule has 0 spiro atoms. The van der Waals surface area contributed by atoms with Crippen molar-refractivity contribution in [1.29, 1.82) is 0 Å². The smallest absolute Gasteiger partial charge is 0.221 e. The SMILES string of the molecule is CCNC(=O)CCNCCCN. The van der Waals surface area contributed by atoms with E-state index in [1.54, 1.807) is 0 Å². The highest BCUT2D eigenvalue weighted by molar-refractivity contribution is 5.75. The Morgan fingerprint density at radius 2 is 2.17 bits per heavy atom. The zero-order chi connectivity index (χ0) is 9.23. The summed E-state index contributed by atoms with van der Waals surface area (Å²) in [6.45, 7) is 4.97. The molecule has 4 N–H and O–H groups in total. The molecule has 0 saturated carbocycles. The van der Waals surface area contributed by atoms with Gasteiger partial charge in [-0.1, -0.05) is 0 Å². The van der Waals surface area contributed by atoms with Gasteiger partial charge in [0.05, 0.1) is 0 Å². The molecule has 4 nitrogen and oxygen atoms in total. The lowest BCUT2D eigenvalue weighted by Crippen LogP contribution is -2.28. The normalized spacial score (nSPS) is 9.83. The van der Waals surface area contributed by atoms with Crippen LogP contribution in [0.5, 0.6) is 0 Å². The lowest BCUT2D eigenvalue weighted by molar-refractivity contribution is -0.120. The standard InChI is InChI=1S/C8H19N3O/c1-2-11-8(12)4-7-10-6-3-5-9/h10H,2-7,9H2,1H3,(H,11,12). The minimum absolute atomic E-state index is 0.109. The minimum atomic E-state index is 0.109. The van der Waals surface area contributed by atoms with Gasteiger partial charge >= 0.3 is 0 Å². The van der Waals surface area contributed by atoms with E-state index in [2.05, 4.69) is 10.6 Å². The van der Waals surface area contributed by atoms with Gasteiger partial charge in [0.2, 0.25) is 5.91 Å².